The summed E-state index contributed by atoms with van der Waals surface area (Å²) in [6, 6.07) is 16.9. The van der Waals surface area contributed by atoms with Crippen LogP contribution in [0.25, 0.3) is 0 Å². The van der Waals surface area contributed by atoms with Crippen LogP contribution in [0.2, 0.25) is 0 Å². The summed E-state index contributed by atoms with van der Waals surface area (Å²) < 4.78 is 16.2. The van der Waals surface area contributed by atoms with Crippen LogP contribution in [0.4, 0.5) is 0 Å². The van der Waals surface area contributed by atoms with E-state index in [9.17, 15) is 9.59 Å². The minimum Gasteiger partial charge on any atom is -0.489 e. The first-order valence-electron chi connectivity index (χ1n) is 11.0. The van der Waals surface area contributed by atoms with E-state index in [1.54, 1.807) is 17.0 Å². The molecule has 3 aromatic rings. The molecule has 0 unspecified atom stereocenters. The Morgan fingerprint density at radius 1 is 1.00 bits per heavy atom. The largest absolute Gasteiger partial charge is 0.489 e. The molecular formula is C26H30N2O5. The molecule has 0 saturated heterocycles. The first-order valence-corrected chi connectivity index (χ1v) is 11.0. The molecule has 0 aliphatic carbocycles. The quantitative estimate of drug-likeness (QED) is 0.426. The Morgan fingerprint density at radius 2 is 1.70 bits per heavy atom. The van der Waals surface area contributed by atoms with Crippen molar-refractivity contribution in [2.24, 2.45) is 0 Å². The van der Waals surface area contributed by atoms with Crippen molar-refractivity contribution in [3.63, 3.8) is 0 Å². The number of aromatic nitrogens is 1. The highest BCUT2D eigenvalue weighted by Gasteiger charge is 2.19. The summed E-state index contributed by atoms with van der Waals surface area (Å²) in [5.41, 5.74) is 3.54. The zero-order valence-electron chi connectivity index (χ0n) is 19.5. The van der Waals surface area contributed by atoms with Crippen molar-refractivity contribution in [3.8, 4) is 5.75 Å². The first-order chi connectivity index (χ1) is 15.8. The van der Waals surface area contributed by atoms with Gasteiger partial charge in [-0.25, -0.2) is 0 Å². The maximum absolute atomic E-state index is 12.6. The van der Waals surface area contributed by atoms with Gasteiger partial charge in [0.05, 0.1) is 17.7 Å². The summed E-state index contributed by atoms with van der Waals surface area (Å²) in [5.74, 6) is 0.749. The van der Waals surface area contributed by atoms with E-state index in [2.05, 4.69) is 5.16 Å². The van der Waals surface area contributed by atoms with Crippen molar-refractivity contribution in [2.75, 3.05) is 6.61 Å². The molecule has 0 bridgehead atoms. The molecule has 1 aromatic heterocycles. The number of amides is 1. The van der Waals surface area contributed by atoms with Crippen LogP contribution in [-0.4, -0.2) is 34.6 Å². The molecule has 1 heterocycles. The fraction of sp³-hybridized carbons (Fsp3) is 0.346. The predicted molar refractivity (Wildman–Crippen MR) is 124 cm³/mol. The third-order valence-corrected chi connectivity index (χ3v) is 5.33. The second kappa shape index (κ2) is 11.3. The maximum Gasteiger partial charge on any atom is 0.310 e. The van der Waals surface area contributed by atoms with Crippen LogP contribution in [0.5, 0.6) is 5.75 Å². The van der Waals surface area contributed by atoms with Crippen LogP contribution in [0.3, 0.4) is 0 Å². The molecule has 0 spiro atoms. The number of carbonyl (C=O) groups excluding carboxylic acids is 2. The third-order valence-electron chi connectivity index (χ3n) is 5.33. The number of benzene rings is 2. The van der Waals surface area contributed by atoms with E-state index in [0.29, 0.717) is 18.9 Å². The number of hydrogen-bond acceptors (Lipinski definition) is 6. The molecule has 2 aromatic carbocycles. The average molecular weight is 451 g/mol. The number of carbonyl (C=O) groups is 2. The third kappa shape index (κ3) is 6.94. The molecule has 0 aliphatic rings. The number of esters is 1. The molecule has 0 radical (unpaired) electrons. The molecule has 33 heavy (non-hydrogen) atoms. The number of hydrogen-bond donors (Lipinski definition) is 0. The molecule has 7 heteroatoms. The summed E-state index contributed by atoms with van der Waals surface area (Å²) in [7, 11) is 0. The van der Waals surface area contributed by atoms with Gasteiger partial charge >= 0.3 is 5.97 Å². The van der Waals surface area contributed by atoms with Crippen LogP contribution >= 0.6 is 0 Å². The highest BCUT2D eigenvalue weighted by atomic mass is 16.5. The highest BCUT2D eigenvalue weighted by Crippen LogP contribution is 2.18. The number of nitrogens with zero attached hydrogens (tertiary/aromatic N) is 2. The summed E-state index contributed by atoms with van der Waals surface area (Å²) in [4.78, 5) is 26.6. The SMILES string of the molecule is Cc1noc(C)c1COc1ccc(CC(=O)OCC(=O)N(Cc2ccccc2)C(C)C)cc1. The van der Waals surface area contributed by atoms with Gasteiger partial charge in [-0.2, -0.15) is 0 Å². The molecule has 0 atom stereocenters. The van der Waals surface area contributed by atoms with Gasteiger partial charge in [0.2, 0.25) is 0 Å². The van der Waals surface area contributed by atoms with Crippen molar-refractivity contribution >= 4 is 11.9 Å². The maximum atomic E-state index is 12.6. The Labute approximate surface area is 194 Å². The van der Waals surface area contributed by atoms with Gasteiger partial charge in [0.15, 0.2) is 6.61 Å². The van der Waals surface area contributed by atoms with Crippen LogP contribution < -0.4 is 4.74 Å². The van der Waals surface area contributed by atoms with E-state index in [1.807, 2.05) is 70.2 Å². The van der Waals surface area contributed by atoms with Crippen molar-refractivity contribution in [2.45, 2.75) is 53.3 Å². The van der Waals surface area contributed by atoms with E-state index in [1.165, 1.54) is 0 Å². The summed E-state index contributed by atoms with van der Waals surface area (Å²) in [5, 5.41) is 3.91. The lowest BCUT2D eigenvalue weighted by Gasteiger charge is -2.26. The predicted octanol–water partition coefficient (Wildman–Crippen LogP) is 4.39. The van der Waals surface area contributed by atoms with E-state index >= 15 is 0 Å². The molecule has 0 fully saturated rings. The van der Waals surface area contributed by atoms with Gasteiger partial charge in [0.25, 0.3) is 5.91 Å². The Hall–Kier alpha value is -3.61. The van der Waals surface area contributed by atoms with Crippen LogP contribution in [0.15, 0.2) is 59.1 Å². The van der Waals surface area contributed by atoms with Crippen molar-refractivity contribution < 1.29 is 23.6 Å². The first kappa shape index (κ1) is 24.0. The van der Waals surface area contributed by atoms with Gasteiger partial charge in [-0.3, -0.25) is 9.59 Å². The molecule has 7 nitrogen and oxygen atoms in total. The molecular weight excluding hydrogens is 420 g/mol. The fourth-order valence-corrected chi connectivity index (χ4v) is 3.35. The second-order valence-corrected chi connectivity index (χ2v) is 8.17. The van der Waals surface area contributed by atoms with Crippen LogP contribution in [0.1, 0.15) is 42.0 Å². The molecule has 174 valence electrons. The lowest BCUT2D eigenvalue weighted by Crippen LogP contribution is -2.39. The normalized spacial score (nSPS) is 10.8. The van der Waals surface area contributed by atoms with E-state index in [4.69, 9.17) is 14.0 Å². The van der Waals surface area contributed by atoms with Crippen molar-refractivity contribution in [1.29, 1.82) is 0 Å². The highest BCUT2D eigenvalue weighted by molar-refractivity contribution is 5.81. The average Bonchev–Trinajstić information content (AvgIpc) is 3.13. The van der Waals surface area contributed by atoms with Crippen molar-refractivity contribution in [1.82, 2.24) is 10.1 Å². The Bertz CT molecular complexity index is 1040. The van der Waals surface area contributed by atoms with E-state index in [-0.39, 0.29) is 25.0 Å². The Kier molecular flexibility index (Phi) is 8.24. The number of ether oxygens (including phenoxy) is 2. The van der Waals surface area contributed by atoms with Gasteiger partial charge in [-0.15, -0.1) is 0 Å². The molecule has 1 amide bonds. The molecule has 3 rings (SSSR count). The summed E-state index contributed by atoms with van der Waals surface area (Å²) in [6.07, 6.45) is 0.0811. The zero-order valence-corrected chi connectivity index (χ0v) is 19.5. The Balaban J connectivity index is 1.47. The number of rotatable bonds is 10. The fourth-order valence-electron chi connectivity index (χ4n) is 3.35. The molecule has 0 N–H and O–H groups in total. The van der Waals surface area contributed by atoms with Crippen LogP contribution in [-0.2, 0) is 33.9 Å². The molecule has 0 saturated carbocycles. The van der Waals surface area contributed by atoms with Crippen molar-refractivity contribution in [3.05, 3.63) is 82.7 Å². The van der Waals surface area contributed by atoms with Gasteiger partial charge in [0, 0.05) is 12.6 Å². The lowest BCUT2D eigenvalue weighted by molar-refractivity contribution is -0.152. The van der Waals surface area contributed by atoms with Gasteiger partial charge < -0.3 is 18.9 Å². The summed E-state index contributed by atoms with van der Waals surface area (Å²) >= 11 is 0. The smallest absolute Gasteiger partial charge is 0.310 e. The van der Waals surface area contributed by atoms with Crippen LogP contribution in [0, 0.1) is 13.8 Å². The Morgan fingerprint density at radius 3 is 2.30 bits per heavy atom. The second-order valence-electron chi connectivity index (χ2n) is 8.17. The summed E-state index contributed by atoms with van der Waals surface area (Å²) in [6.45, 7) is 8.17. The minimum atomic E-state index is -0.448. The topological polar surface area (TPSA) is 81.9 Å². The monoisotopic (exact) mass is 450 g/mol. The minimum absolute atomic E-state index is 0.00522. The van der Waals surface area contributed by atoms with Gasteiger partial charge in [-0.05, 0) is 51.0 Å². The zero-order chi connectivity index (χ0) is 23.8. The number of aryl methyl sites for hydroxylation is 2. The van der Waals surface area contributed by atoms with Gasteiger partial charge in [0.1, 0.15) is 18.1 Å². The standard InChI is InChI=1S/C26H30N2O5/c1-18(2)28(15-22-8-6-5-7-9-22)25(29)17-32-26(30)14-21-10-12-23(13-11-21)31-16-24-19(3)27-33-20(24)4/h5-13,18H,14-17H2,1-4H3. The molecule has 0 aliphatic heterocycles. The lowest BCUT2D eigenvalue weighted by atomic mass is 10.1. The van der Waals surface area contributed by atoms with E-state index < -0.39 is 5.97 Å². The van der Waals surface area contributed by atoms with Gasteiger partial charge in [-0.1, -0.05) is 47.6 Å². The van der Waals surface area contributed by atoms with E-state index in [0.717, 1.165) is 28.1 Å².